The van der Waals surface area contributed by atoms with E-state index in [1.807, 2.05) is 24.3 Å². The van der Waals surface area contributed by atoms with E-state index in [1.165, 1.54) is 53.2 Å². The van der Waals surface area contributed by atoms with Gasteiger partial charge in [0.2, 0.25) is 11.8 Å². The molecule has 0 radical (unpaired) electrons. The van der Waals surface area contributed by atoms with Crippen LogP contribution in [-0.2, 0) is 42.9 Å². The number of benzene rings is 2. The maximum atomic E-state index is 12.2. The second-order valence-corrected chi connectivity index (χ2v) is 16.5. The summed E-state index contributed by atoms with van der Waals surface area (Å²) in [6.45, 7) is 16.1. The number of amides is 3. The van der Waals surface area contributed by atoms with E-state index in [2.05, 4.69) is 44.6 Å². The molecule has 3 amide bonds. The molecule has 17 heteroatoms. The van der Waals surface area contributed by atoms with Gasteiger partial charge in [-0.2, -0.15) is 0 Å². The molecule has 15 nitrogen and oxygen atoms in total. The summed E-state index contributed by atoms with van der Waals surface area (Å²) in [5.74, 6) is -0.327. The standard InChI is InChI=1S/C18H25NO5.C11H17NO5.C10H13BrO.2C4H8O.Mg.2H/c1-4-5-12-24-15-8-6-14(7-9-15)17(21)11-10-16(18(22)23-3)19-13(2)20;1-11(2,3)17-10(15)12-7(9(14)16-4)5-6-8(12)13;1-2-3-8-12-10-6-4-9(11)5-7-10;2*1-2-4-5-3-1;;;/h6-9,16H,4-5,10-12H2,1-3H3,(H,19,20);7H,5-6H2,1-4H3;4-7H,2-3,8H2,1H3;2*1-4H2;;;/q;;;;;+2;2*-1/t16-;7-;;;;;;/m00....../s1. The second-order valence-electron chi connectivity index (χ2n) is 15.6. The number of halogens is 1. The summed E-state index contributed by atoms with van der Waals surface area (Å²) < 4.78 is 36.3. The van der Waals surface area contributed by atoms with Crippen LogP contribution < -0.4 is 14.8 Å². The number of nitrogens with zero attached hydrogens (tertiary/aromatic N) is 1. The average molecular weight is 978 g/mol. The van der Waals surface area contributed by atoms with Gasteiger partial charge in [0.15, 0.2) is 5.78 Å². The van der Waals surface area contributed by atoms with Crippen molar-refractivity contribution >= 4 is 74.6 Å². The predicted molar refractivity (Wildman–Crippen MR) is 251 cm³/mol. The number of esters is 2. The van der Waals surface area contributed by atoms with Crippen molar-refractivity contribution in [3.63, 3.8) is 0 Å². The molecule has 3 aliphatic rings. The number of Topliss-reactive ketones (excluding diaryl/α,β-unsaturated/α-hetero) is 1. The van der Waals surface area contributed by atoms with Crippen LogP contribution in [0.2, 0.25) is 0 Å². The molecule has 0 bridgehead atoms. The van der Waals surface area contributed by atoms with Crippen molar-refractivity contribution in [2.75, 3.05) is 53.9 Å². The summed E-state index contributed by atoms with van der Waals surface area (Å²) in [5.41, 5.74) is -0.162. The van der Waals surface area contributed by atoms with Crippen LogP contribution in [0.15, 0.2) is 53.0 Å². The first-order chi connectivity index (χ1) is 30.1. The summed E-state index contributed by atoms with van der Waals surface area (Å²) in [5, 5.41) is 2.49. The molecule has 64 heavy (non-hydrogen) atoms. The molecule has 0 aromatic heterocycles. The number of likely N-dealkylation sites (tertiary alicyclic amines) is 1. The van der Waals surface area contributed by atoms with Crippen LogP contribution in [0.3, 0.4) is 0 Å². The minimum absolute atomic E-state index is 0. The molecule has 0 saturated carbocycles. The number of rotatable bonds is 15. The van der Waals surface area contributed by atoms with Crippen LogP contribution in [0.1, 0.15) is 132 Å². The fraction of sp³-hybridized carbons (Fsp3) is 0.617. The molecule has 3 saturated heterocycles. The summed E-state index contributed by atoms with van der Waals surface area (Å²) in [7, 11) is 2.47. The van der Waals surface area contributed by atoms with E-state index >= 15 is 0 Å². The Kier molecular flexibility index (Phi) is 33.4. The monoisotopic (exact) mass is 976 g/mol. The van der Waals surface area contributed by atoms with E-state index in [0.29, 0.717) is 12.2 Å². The number of ketones is 1. The fourth-order valence-corrected chi connectivity index (χ4v) is 5.86. The maximum Gasteiger partial charge on any atom is 2.00 e. The molecule has 0 spiro atoms. The zero-order valence-corrected chi connectivity index (χ0v) is 42.3. The summed E-state index contributed by atoms with van der Waals surface area (Å²) in [4.78, 5) is 70.5. The number of hydrogen-bond donors (Lipinski definition) is 1. The van der Waals surface area contributed by atoms with E-state index in [4.69, 9.17) is 23.7 Å². The minimum atomic E-state index is -0.859. The van der Waals surface area contributed by atoms with Gasteiger partial charge in [0.25, 0.3) is 0 Å². The van der Waals surface area contributed by atoms with Gasteiger partial charge in [-0.25, -0.2) is 19.3 Å². The summed E-state index contributed by atoms with van der Waals surface area (Å²) in [6, 6.07) is 13.2. The Morgan fingerprint density at radius 1 is 0.812 bits per heavy atom. The molecule has 3 aliphatic heterocycles. The predicted octanol–water partition coefficient (Wildman–Crippen LogP) is 8.66. The van der Waals surface area contributed by atoms with Crippen LogP contribution in [-0.4, -0.2) is 135 Å². The number of hydrogen-bond acceptors (Lipinski definition) is 13. The number of carbonyl (C=O) groups is 6. The van der Waals surface area contributed by atoms with Gasteiger partial charge in [-0.05, 0) is 121 Å². The van der Waals surface area contributed by atoms with Crippen LogP contribution >= 0.6 is 15.9 Å². The van der Waals surface area contributed by atoms with Crippen LogP contribution in [0, 0.1) is 0 Å². The molecule has 2 atom stereocenters. The molecule has 3 fully saturated rings. The van der Waals surface area contributed by atoms with Crippen molar-refractivity contribution in [2.24, 2.45) is 0 Å². The Labute approximate surface area is 407 Å². The Bertz CT molecular complexity index is 1620. The van der Waals surface area contributed by atoms with Gasteiger partial charge in [0.05, 0.1) is 27.4 Å². The van der Waals surface area contributed by atoms with Gasteiger partial charge in [-0.3, -0.25) is 14.4 Å². The van der Waals surface area contributed by atoms with Crippen molar-refractivity contribution in [3.05, 3.63) is 58.6 Å². The number of ether oxygens (including phenoxy) is 7. The topological polar surface area (TPSA) is 182 Å². The number of methoxy groups -OCH3 is 2. The van der Waals surface area contributed by atoms with Crippen LogP contribution in [0.5, 0.6) is 11.5 Å². The van der Waals surface area contributed by atoms with Gasteiger partial charge in [0.1, 0.15) is 29.2 Å². The van der Waals surface area contributed by atoms with Crippen molar-refractivity contribution in [1.82, 2.24) is 10.2 Å². The minimum Gasteiger partial charge on any atom is -1.00 e. The number of nitrogens with one attached hydrogen (secondary N) is 1. The first-order valence-electron chi connectivity index (χ1n) is 21.8. The number of imide groups is 1. The Morgan fingerprint density at radius 3 is 1.69 bits per heavy atom. The SMILES string of the molecule is C1CCOC1.C1CCOC1.CCCCOc1ccc(Br)cc1.CCCCOc1ccc(C(=O)CC[C@H](NC(C)=O)C(=O)OC)cc1.COC(=O)[C@@H]1CCC(=O)N1C(=O)OC(C)(C)C.[H-].[H-].[Mg+2]. The maximum absolute atomic E-state index is 12.2. The zero-order valence-electron chi connectivity index (χ0n) is 41.3. The Hall–Kier alpha value is -3.77. The van der Waals surface area contributed by atoms with Crippen molar-refractivity contribution in [2.45, 2.75) is 136 Å². The molecule has 2 aromatic rings. The van der Waals surface area contributed by atoms with E-state index in [0.717, 1.165) is 73.2 Å². The van der Waals surface area contributed by atoms with Crippen molar-refractivity contribution in [1.29, 1.82) is 0 Å². The smallest absolute Gasteiger partial charge is 1.00 e. The third-order valence-electron chi connectivity index (χ3n) is 8.98. The molecule has 3 heterocycles. The van der Waals surface area contributed by atoms with Crippen molar-refractivity contribution < 1.29 is 64.8 Å². The first-order valence-corrected chi connectivity index (χ1v) is 22.6. The quantitative estimate of drug-likeness (QED) is 0.0589. The number of carbonyl (C=O) groups excluding carboxylic acids is 6. The molecule has 2 aromatic carbocycles. The van der Waals surface area contributed by atoms with Crippen molar-refractivity contribution in [3.8, 4) is 11.5 Å². The van der Waals surface area contributed by atoms with E-state index in [-0.39, 0.29) is 63.3 Å². The van der Waals surface area contributed by atoms with E-state index in [9.17, 15) is 28.8 Å². The van der Waals surface area contributed by atoms with Gasteiger partial charge >= 0.3 is 41.1 Å². The molecule has 358 valence electrons. The largest absolute Gasteiger partial charge is 2.00 e. The fourth-order valence-electron chi connectivity index (χ4n) is 5.60. The van der Waals surface area contributed by atoms with Crippen LogP contribution in [0.4, 0.5) is 4.79 Å². The summed E-state index contributed by atoms with van der Waals surface area (Å²) >= 11 is 3.37. The number of unbranched alkanes of at least 4 members (excludes halogenated alkanes) is 2. The van der Waals surface area contributed by atoms with Crippen LogP contribution in [0.25, 0.3) is 0 Å². The molecule has 5 rings (SSSR count). The van der Waals surface area contributed by atoms with E-state index in [1.54, 1.807) is 45.0 Å². The first kappa shape index (κ1) is 60.2. The molecule has 0 aliphatic carbocycles. The average Bonchev–Trinajstić information content (AvgIpc) is 4.10. The molecular formula is C47H73BrMgN2O13. The molecular weight excluding hydrogens is 905 g/mol. The third kappa shape index (κ3) is 27.5. The Morgan fingerprint density at radius 2 is 1.30 bits per heavy atom. The summed E-state index contributed by atoms with van der Waals surface area (Å²) in [6.07, 6.45) is 9.42. The normalized spacial score (nSPS) is 15.3. The van der Waals surface area contributed by atoms with E-state index < -0.39 is 41.6 Å². The second kappa shape index (κ2) is 35.5. The molecule has 0 unspecified atom stereocenters. The third-order valence-corrected chi connectivity index (χ3v) is 9.51. The molecule has 1 N–H and O–H groups in total. The van der Waals surface area contributed by atoms with Gasteiger partial charge in [0, 0.05) is 56.2 Å². The van der Waals surface area contributed by atoms with Gasteiger partial charge in [-0.1, -0.05) is 42.6 Å². The zero-order chi connectivity index (χ0) is 47.0. The Balaban J connectivity index is -0.000000822. The van der Waals surface area contributed by atoms with Gasteiger partial charge < -0.3 is 41.3 Å². The van der Waals surface area contributed by atoms with Gasteiger partial charge in [-0.15, -0.1) is 0 Å².